The number of nitrogens with one attached hydrogen (secondary N) is 1. The molecule has 1 saturated heterocycles. The van der Waals surface area contributed by atoms with Crippen molar-refractivity contribution in [1.82, 2.24) is 5.32 Å². The van der Waals surface area contributed by atoms with E-state index < -0.39 is 15.4 Å². The molecule has 0 unspecified atom stereocenters. The van der Waals surface area contributed by atoms with Crippen LogP contribution >= 0.6 is 11.6 Å². The fourth-order valence-corrected chi connectivity index (χ4v) is 4.14. The number of aliphatic hydroxyl groups is 1. The van der Waals surface area contributed by atoms with Crippen LogP contribution in [0.3, 0.4) is 0 Å². The van der Waals surface area contributed by atoms with Crippen LogP contribution in [0, 0.1) is 6.92 Å². The molecular weight excluding hydrogens is 326 g/mol. The van der Waals surface area contributed by atoms with Gasteiger partial charge in [-0.2, -0.15) is 0 Å². The van der Waals surface area contributed by atoms with Crippen LogP contribution in [-0.4, -0.2) is 43.1 Å². The first kappa shape index (κ1) is 17.2. The zero-order chi connectivity index (χ0) is 16.4. The van der Waals surface area contributed by atoms with Gasteiger partial charge in [-0.15, -0.1) is 0 Å². The van der Waals surface area contributed by atoms with Crippen molar-refractivity contribution < 1.29 is 18.3 Å². The SMILES string of the molecule is Cc1ccc(CC(=O)NCC2(O)CCS(=O)(=O)CC2)cc1Cl. The zero-order valence-corrected chi connectivity index (χ0v) is 14.0. The van der Waals surface area contributed by atoms with Gasteiger partial charge in [0.25, 0.3) is 0 Å². The van der Waals surface area contributed by atoms with E-state index in [0.29, 0.717) is 5.02 Å². The molecule has 7 heteroatoms. The van der Waals surface area contributed by atoms with Crippen LogP contribution in [-0.2, 0) is 21.1 Å². The largest absolute Gasteiger partial charge is 0.388 e. The van der Waals surface area contributed by atoms with Crippen LogP contribution < -0.4 is 5.32 Å². The number of sulfone groups is 1. The Morgan fingerprint density at radius 3 is 2.59 bits per heavy atom. The van der Waals surface area contributed by atoms with Crippen LogP contribution in [0.4, 0.5) is 0 Å². The molecule has 1 amide bonds. The van der Waals surface area contributed by atoms with E-state index in [4.69, 9.17) is 11.6 Å². The van der Waals surface area contributed by atoms with Crippen molar-refractivity contribution in [2.75, 3.05) is 18.1 Å². The molecule has 0 spiro atoms. The summed E-state index contributed by atoms with van der Waals surface area (Å²) in [6.07, 6.45) is 0.492. The van der Waals surface area contributed by atoms with Gasteiger partial charge in [0, 0.05) is 11.6 Å². The summed E-state index contributed by atoms with van der Waals surface area (Å²) in [7, 11) is -3.04. The van der Waals surface area contributed by atoms with Gasteiger partial charge < -0.3 is 10.4 Å². The van der Waals surface area contributed by atoms with E-state index in [1.54, 1.807) is 6.07 Å². The van der Waals surface area contributed by atoms with Gasteiger partial charge in [-0.3, -0.25) is 4.79 Å². The number of carbonyl (C=O) groups is 1. The van der Waals surface area contributed by atoms with Gasteiger partial charge in [0.2, 0.25) is 5.91 Å². The topological polar surface area (TPSA) is 83.5 Å². The smallest absolute Gasteiger partial charge is 0.224 e. The number of benzene rings is 1. The number of carbonyl (C=O) groups excluding carboxylic acids is 1. The Kier molecular flexibility index (Phi) is 5.14. The fourth-order valence-electron chi connectivity index (χ4n) is 2.35. The van der Waals surface area contributed by atoms with E-state index >= 15 is 0 Å². The van der Waals surface area contributed by atoms with Crippen molar-refractivity contribution in [2.24, 2.45) is 0 Å². The fraction of sp³-hybridized carbons (Fsp3) is 0.533. The van der Waals surface area contributed by atoms with Gasteiger partial charge in [-0.05, 0) is 37.0 Å². The predicted octanol–water partition coefficient (Wildman–Crippen LogP) is 1.25. The normalized spacial score (nSPS) is 19.6. The molecule has 1 fully saturated rings. The van der Waals surface area contributed by atoms with Crippen molar-refractivity contribution in [1.29, 1.82) is 0 Å². The highest BCUT2D eigenvalue weighted by Crippen LogP contribution is 2.23. The third kappa shape index (κ3) is 4.69. The van der Waals surface area contributed by atoms with Crippen LogP contribution in [0.25, 0.3) is 0 Å². The van der Waals surface area contributed by atoms with E-state index in [-0.39, 0.29) is 43.2 Å². The standard InChI is InChI=1S/C15H20ClNO4S/c1-11-2-3-12(8-13(11)16)9-14(18)17-10-15(19)4-6-22(20,21)7-5-15/h2-3,8,19H,4-7,9-10H2,1H3,(H,17,18). The monoisotopic (exact) mass is 345 g/mol. The lowest BCUT2D eigenvalue weighted by Gasteiger charge is -2.31. The van der Waals surface area contributed by atoms with Crippen LogP contribution in [0.2, 0.25) is 5.02 Å². The van der Waals surface area contributed by atoms with Crippen molar-refractivity contribution in [3.8, 4) is 0 Å². The van der Waals surface area contributed by atoms with E-state index in [1.807, 2.05) is 19.1 Å². The van der Waals surface area contributed by atoms with Gasteiger partial charge in [-0.25, -0.2) is 8.42 Å². The van der Waals surface area contributed by atoms with Crippen molar-refractivity contribution >= 4 is 27.3 Å². The van der Waals surface area contributed by atoms with E-state index in [2.05, 4.69) is 5.32 Å². The zero-order valence-electron chi connectivity index (χ0n) is 12.4. The molecule has 1 aromatic rings. The summed E-state index contributed by atoms with van der Waals surface area (Å²) in [4.78, 5) is 11.9. The second-order valence-corrected chi connectivity index (χ2v) is 8.62. The number of amides is 1. The molecule has 1 aromatic carbocycles. The Bertz CT molecular complexity index is 658. The highest BCUT2D eigenvalue weighted by atomic mass is 35.5. The molecular formula is C15H20ClNO4S. The third-order valence-corrected chi connectivity index (χ3v) is 6.03. The second kappa shape index (κ2) is 6.56. The lowest BCUT2D eigenvalue weighted by atomic mass is 9.97. The highest BCUT2D eigenvalue weighted by molar-refractivity contribution is 7.91. The molecule has 1 aliphatic rings. The average Bonchev–Trinajstić information content (AvgIpc) is 2.45. The minimum Gasteiger partial charge on any atom is -0.388 e. The van der Waals surface area contributed by atoms with Crippen LogP contribution in [0.1, 0.15) is 24.0 Å². The quantitative estimate of drug-likeness (QED) is 0.860. The molecule has 0 aliphatic carbocycles. The minimum atomic E-state index is -3.04. The lowest BCUT2D eigenvalue weighted by Crippen LogP contribution is -2.48. The van der Waals surface area contributed by atoms with Gasteiger partial charge in [0.15, 0.2) is 9.84 Å². The first-order valence-electron chi connectivity index (χ1n) is 7.14. The number of aryl methyl sites for hydroxylation is 1. The molecule has 0 aromatic heterocycles. The minimum absolute atomic E-state index is 0.0348. The number of hydrogen-bond acceptors (Lipinski definition) is 4. The maximum absolute atomic E-state index is 11.9. The summed E-state index contributed by atoms with van der Waals surface area (Å²) in [5.41, 5.74) is 0.612. The average molecular weight is 346 g/mol. The Balaban J connectivity index is 1.86. The predicted molar refractivity (Wildman–Crippen MR) is 85.7 cm³/mol. The van der Waals surface area contributed by atoms with Gasteiger partial charge in [0.1, 0.15) is 0 Å². The maximum Gasteiger partial charge on any atom is 0.224 e. The summed E-state index contributed by atoms with van der Waals surface area (Å²) >= 11 is 6.02. The van der Waals surface area contributed by atoms with Gasteiger partial charge in [0.05, 0.1) is 23.5 Å². The van der Waals surface area contributed by atoms with Gasteiger partial charge >= 0.3 is 0 Å². The molecule has 0 bridgehead atoms. The molecule has 1 heterocycles. The first-order valence-corrected chi connectivity index (χ1v) is 9.34. The van der Waals surface area contributed by atoms with E-state index in [0.717, 1.165) is 11.1 Å². The summed E-state index contributed by atoms with van der Waals surface area (Å²) in [6.45, 7) is 1.96. The summed E-state index contributed by atoms with van der Waals surface area (Å²) in [5, 5.41) is 13.6. The molecule has 0 atom stereocenters. The molecule has 2 N–H and O–H groups in total. The van der Waals surface area contributed by atoms with Crippen molar-refractivity contribution in [2.45, 2.75) is 31.8 Å². The van der Waals surface area contributed by atoms with Crippen LogP contribution in [0.15, 0.2) is 18.2 Å². The van der Waals surface area contributed by atoms with Gasteiger partial charge in [-0.1, -0.05) is 23.7 Å². The number of rotatable bonds is 4. The Morgan fingerprint density at radius 2 is 2.00 bits per heavy atom. The summed E-state index contributed by atoms with van der Waals surface area (Å²) < 4.78 is 22.7. The highest BCUT2D eigenvalue weighted by Gasteiger charge is 2.35. The molecule has 5 nitrogen and oxygen atoms in total. The van der Waals surface area contributed by atoms with Crippen molar-refractivity contribution in [3.05, 3.63) is 34.3 Å². The molecule has 2 rings (SSSR count). The Morgan fingerprint density at radius 1 is 1.36 bits per heavy atom. The summed E-state index contributed by atoms with van der Waals surface area (Å²) in [5.74, 6) is -0.290. The number of hydrogen-bond donors (Lipinski definition) is 2. The third-order valence-electron chi connectivity index (χ3n) is 3.97. The maximum atomic E-state index is 11.9. The molecule has 0 saturated carbocycles. The van der Waals surface area contributed by atoms with Crippen molar-refractivity contribution in [3.63, 3.8) is 0 Å². The lowest BCUT2D eigenvalue weighted by molar-refractivity contribution is -0.121. The first-order chi connectivity index (χ1) is 10.2. The second-order valence-electron chi connectivity index (χ2n) is 5.91. The Labute approximate surface area is 135 Å². The molecule has 22 heavy (non-hydrogen) atoms. The molecule has 1 aliphatic heterocycles. The van der Waals surface area contributed by atoms with Crippen LogP contribution in [0.5, 0.6) is 0 Å². The number of halogens is 1. The summed E-state index contributed by atoms with van der Waals surface area (Å²) in [6, 6.07) is 5.44. The van der Waals surface area contributed by atoms with E-state index in [1.165, 1.54) is 0 Å². The molecule has 122 valence electrons. The molecule has 0 radical (unpaired) electrons. The Hall–Kier alpha value is -1.11. The van der Waals surface area contributed by atoms with E-state index in [9.17, 15) is 18.3 Å².